The molecule has 5 nitrogen and oxygen atoms in total. The Morgan fingerprint density at radius 1 is 0.933 bits per heavy atom. The molecule has 0 aliphatic carbocycles. The highest BCUT2D eigenvalue weighted by Gasteiger charge is 2.34. The SMILES string of the molecule is Nc1cc(-c2ncccc2C(F)(F)F)ccc1C(=O)Nc1ccc(C(F)(F)F)cn1. The molecule has 0 bridgehead atoms. The van der Waals surface area contributed by atoms with E-state index >= 15 is 0 Å². The van der Waals surface area contributed by atoms with E-state index in [4.69, 9.17) is 5.73 Å². The summed E-state index contributed by atoms with van der Waals surface area (Å²) in [6.45, 7) is 0. The van der Waals surface area contributed by atoms with Crippen molar-refractivity contribution < 1.29 is 31.1 Å². The third-order valence-electron chi connectivity index (χ3n) is 4.02. The molecule has 0 radical (unpaired) electrons. The number of hydrogen-bond acceptors (Lipinski definition) is 4. The topological polar surface area (TPSA) is 80.9 Å². The maximum atomic E-state index is 13.2. The van der Waals surface area contributed by atoms with E-state index in [9.17, 15) is 31.1 Å². The third kappa shape index (κ3) is 4.50. The summed E-state index contributed by atoms with van der Waals surface area (Å²) in [4.78, 5) is 19.6. The molecule has 3 N–H and O–H groups in total. The van der Waals surface area contributed by atoms with Crippen molar-refractivity contribution in [3.05, 3.63) is 71.5 Å². The Balaban J connectivity index is 1.85. The van der Waals surface area contributed by atoms with E-state index in [2.05, 4.69) is 15.3 Å². The first-order valence-corrected chi connectivity index (χ1v) is 8.23. The van der Waals surface area contributed by atoms with Gasteiger partial charge in [0.25, 0.3) is 5.91 Å². The highest BCUT2D eigenvalue weighted by Crippen LogP contribution is 2.36. The van der Waals surface area contributed by atoms with Crippen molar-refractivity contribution in [2.75, 3.05) is 11.1 Å². The van der Waals surface area contributed by atoms with Gasteiger partial charge in [0.2, 0.25) is 0 Å². The van der Waals surface area contributed by atoms with E-state index in [-0.39, 0.29) is 28.3 Å². The molecule has 0 saturated heterocycles. The Hall–Kier alpha value is -3.63. The minimum absolute atomic E-state index is 0.0460. The fourth-order valence-electron chi connectivity index (χ4n) is 2.60. The average molecular weight is 426 g/mol. The van der Waals surface area contributed by atoms with Gasteiger partial charge in [-0.25, -0.2) is 4.98 Å². The second-order valence-electron chi connectivity index (χ2n) is 6.08. The zero-order chi connectivity index (χ0) is 22.1. The second kappa shape index (κ2) is 7.65. The van der Waals surface area contributed by atoms with Crippen LogP contribution in [0.15, 0.2) is 54.9 Å². The lowest BCUT2D eigenvalue weighted by molar-refractivity contribution is -0.138. The van der Waals surface area contributed by atoms with Crippen LogP contribution in [0.1, 0.15) is 21.5 Å². The Labute approximate surface area is 165 Å². The number of nitrogen functional groups attached to an aromatic ring is 1. The number of hydrogen-bond donors (Lipinski definition) is 2. The molecule has 156 valence electrons. The molecule has 1 aromatic carbocycles. The van der Waals surface area contributed by atoms with Crippen LogP contribution in [0.25, 0.3) is 11.3 Å². The van der Waals surface area contributed by atoms with Crippen LogP contribution < -0.4 is 11.1 Å². The number of aromatic nitrogens is 2. The maximum absolute atomic E-state index is 13.2. The number of benzene rings is 1. The summed E-state index contributed by atoms with van der Waals surface area (Å²) >= 11 is 0. The van der Waals surface area contributed by atoms with Gasteiger partial charge in [-0.2, -0.15) is 26.3 Å². The normalized spacial score (nSPS) is 11.9. The van der Waals surface area contributed by atoms with Crippen LogP contribution in [0.5, 0.6) is 0 Å². The Morgan fingerprint density at radius 2 is 1.67 bits per heavy atom. The Kier molecular flexibility index (Phi) is 5.38. The molecular weight excluding hydrogens is 414 g/mol. The molecule has 0 unspecified atom stereocenters. The van der Waals surface area contributed by atoms with Gasteiger partial charge in [0, 0.05) is 23.6 Å². The summed E-state index contributed by atoms with van der Waals surface area (Å²) in [7, 11) is 0. The monoisotopic (exact) mass is 426 g/mol. The predicted molar refractivity (Wildman–Crippen MR) is 96.3 cm³/mol. The van der Waals surface area contributed by atoms with Gasteiger partial charge in [0.15, 0.2) is 0 Å². The van der Waals surface area contributed by atoms with Crippen LogP contribution in [0.3, 0.4) is 0 Å². The highest BCUT2D eigenvalue weighted by atomic mass is 19.4. The van der Waals surface area contributed by atoms with E-state index in [0.29, 0.717) is 6.20 Å². The summed E-state index contributed by atoms with van der Waals surface area (Å²) in [5, 5.41) is 2.28. The number of halogens is 6. The molecule has 3 rings (SSSR count). The first kappa shape index (κ1) is 21.1. The Morgan fingerprint density at radius 3 is 2.23 bits per heavy atom. The van der Waals surface area contributed by atoms with Gasteiger partial charge >= 0.3 is 12.4 Å². The van der Waals surface area contributed by atoms with Crippen molar-refractivity contribution in [2.24, 2.45) is 0 Å². The van der Waals surface area contributed by atoms with Crippen molar-refractivity contribution in [3.63, 3.8) is 0 Å². The lowest BCUT2D eigenvalue weighted by Gasteiger charge is -2.13. The number of carbonyl (C=O) groups excluding carboxylic acids is 1. The first-order valence-electron chi connectivity index (χ1n) is 8.23. The lowest BCUT2D eigenvalue weighted by Crippen LogP contribution is -2.15. The number of rotatable bonds is 3. The van der Waals surface area contributed by atoms with E-state index in [1.165, 1.54) is 18.3 Å². The van der Waals surface area contributed by atoms with Gasteiger partial charge in [-0.1, -0.05) is 6.07 Å². The molecule has 3 aromatic rings. The second-order valence-corrected chi connectivity index (χ2v) is 6.08. The molecule has 0 spiro atoms. The van der Waals surface area contributed by atoms with Crippen LogP contribution in [0.2, 0.25) is 0 Å². The predicted octanol–water partition coefficient (Wildman–Crippen LogP) is 5.02. The smallest absolute Gasteiger partial charge is 0.398 e. The summed E-state index contributed by atoms with van der Waals surface area (Å²) in [5.41, 5.74) is 3.32. The number of nitrogens with zero attached hydrogens (tertiary/aromatic N) is 2. The van der Waals surface area contributed by atoms with Gasteiger partial charge < -0.3 is 11.1 Å². The van der Waals surface area contributed by atoms with Gasteiger partial charge in [0.05, 0.1) is 22.4 Å². The number of carbonyl (C=O) groups is 1. The zero-order valence-electron chi connectivity index (χ0n) is 14.8. The van der Waals surface area contributed by atoms with Crippen LogP contribution in [-0.2, 0) is 12.4 Å². The van der Waals surface area contributed by atoms with Crippen molar-refractivity contribution in [3.8, 4) is 11.3 Å². The molecule has 11 heteroatoms. The standard InChI is InChI=1S/C19H12F6N4O/c20-18(21,22)11-4-6-15(28-9-11)29-17(30)12-5-3-10(8-14(12)26)16-13(19(23,24)25)2-1-7-27-16/h1-9H,26H2,(H,28,29,30). The first-order chi connectivity index (χ1) is 14.0. The van der Waals surface area contributed by atoms with E-state index in [1.54, 1.807) is 0 Å². The van der Waals surface area contributed by atoms with Crippen LogP contribution in [0.4, 0.5) is 37.8 Å². The quantitative estimate of drug-likeness (QED) is 0.456. The molecule has 1 amide bonds. The minimum atomic E-state index is -4.64. The van der Waals surface area contributed by atoms with Gasteiger partial charge in [0.1, 0.15) is 5.82 Å². The number of amides is 1. The number of nitrogens with one attached hydrogen (secondary N) is 1. The molecule has 0 aliphatic rings. The van der Waals surface area contributed by atoms with Crippen LogP contribution in [-0.4, -0.2) is 15.9 Å². The van der Waals surface area contributed by atoms with Crippen molar-refractivity contribution in [1.82, 2.24) is 9.97 Å². The molecule has 30 heavy (non-hydrogen) atoms. The van der Waals surface area contributed by atoms with Crippen molar-refractivity contribution in [1.29, 1.82) is 0 Å². The van der Waals surface area contributed by atoms with Crippen LogP contribution >= 0.6 is 0 Å². The minimum Gasteiger partial charge on any atom is -0.398 e. The molecule has 0 saturated carbocycles. The molecular formula is C19H12F6N4O. The molecule has 2 heterocycles. The number of alkyl halides is 6. The van der Waals surface area contributed by atoms with Crippen LogP contribution in [0, 0.1) is 0 Å². The molecule has 0 fully saturated rings. The fourth-order valence-corrected chi connectivity index (χ4v) is 2.60. The number of nitrogens with two attached hydrogens (primary N) is 1. The number of anilines is 2. The molecule has 0 atom stereocenters. The van der Waals surface area contributed by atoms with Crippen molar-refractivity contribution >= 4 is 17.4 Å². The van der Waals surface area contributed by atoms with Gasteiger partial charge in [-0.05, 0) is 36.4 Å². The lowest BCUT2D eigenvalue weighted by atomic mass is 10.0. The molecule has 2 aromatic heterocycles. The fraction of sp³-hybridized carbons (Fsp3) is 0.105. The summed E-state index contributed by atoms with van der Waals surface area (Å²) in [5.74, 6) is -0.941. The summed E-state index contributed by atoms with van der Waals surface area (Å²) < 4.78 is 77.2. The summed E-state index contributed by atoms with van der Waals surface area (Å²) in [6, 6.07) is 7.32. The maximum Gasteiger partial charge on any atom is 0.418 e. The number of pyridine rings is 2. The van der Waals surface area contributed by atoms with E-state index in [0.717, 1.165) is 30.3 Å². The molecule has 0 aliphatic heterocycles. The zero-order valence-corrected chi connectivity index (χ0v) is 14.8. The third-order valence-corrected chi connectivity index (χ3v) is 4.02. The van der Waals surface area contributed by atoms with Gasteiger partial charge in [-0.15, -0.1) is 0 Å². The average Bonchev–Trinajstić information content (AvgIpc) is 2.67. The van der Waals surface area contributed by atoms with Gasteiger partial charge in [-0.3, -0.25) is 9.78 Å². The van der Waals surface area contributed by atoms with E-state index < -0.39 is 29.4 Å². The highest BCUT2D eigenvalue weighted by molar-refractivity contribution is 6.07. The Bertz CT molecular complexity index is 1080. The van der Waals surface area contributed by atoms with E-state index in [1.807, 2.05) is 0 Å². The van der Waals surface area contributed by atoms with Crippen molar-refractivity contribution in [2.45, 2.75) is 12.4 Å². The largest absolute Gasteiger partial charge is 0.418 e. The summed E-state index contributed by atoms with van der Waals surface area (Å²) in [6.07, 6.45) is -7.46.